The summed E-state index contributed by atoms with van der Waals surface area (Å²) in [7, 11) is 0. The SMILES string of the molecule is CCCCCCCCOC(=O)CCCCCCCN(CCO)CCN(CCO)CCCCCCCC(=O)OC(CCCCCCCC)CCCCCCCC. The molecule has 0 aliphatic heterocycles. The fourth-order valence-corrected chi connectivity index (χ4v) is 7.46. The standard InChI is InChI=1S/C47H94N2O6/c1-4-7-10-13-18-25-32-45(33-26-19-14-11-8-5-2)55-47(53)35-28-21-17-23-30-37-49(41-43-51)39-38-48(40-42-50)36-29-22-16-20-27-34-46(52)54-44-31-24-15-12-9-6-3/h45,50-51H,4-44H2,1-3H3. The van der Waals surface area contributed by atoms with Gasteiger partial charge in [0.1, 0.15) is 6.10 Å². The lowest BCUT2D eigenvalue weighted by Crippen LogP contribution is -2.38. The van der Waals surface area contributed by atoms with E-state index in [0.29, 0.717) is 32.5 Å². The Labute approximate surface area is 341 Å². The normalized spacial score (nSPS) is 11.7. The molecule has 0 unspecified atom stereocenters. The van der Waals surface area contributed by atoms with Crippen LogP contribution in [0.4, 0.5) is 0 Å². The first kappa shape index (κ1) is 53.8. The van der Waals surface area contributed by atoms with Crippen LogP contribution in [0.2, 0.25) is 0 Å². The van der Waals surface area contributed by atoms with E-state index in [9.17, 15) is 19.8 Å². The minimum absolute atomic E-state index is 0.000504. The third kappa shape index (κ3) is 39.4. The van der Waals surface area contributed by atoms with E-state index < -0.39 is 0 Å². The van der Waals surface area contributed by atoms with Gasteiger partial charge in [-0.2, -0.15) is 0 Å². The number of hydrogen-bond acceptors (Lipinski definition) is 8. The molecule has 0 spiro atoms. The van der Waals surface area contributed by atoms with Crippen LogP contribution >= 0.6 is 0 Å². The average molecular weight is 783 g/mol. The molecule has 0 aliphatic carbocycles. The average Bonchev–Trinajstić information content (AvgIpc) is 3.18. The maximum atomic E-state index is 12.7. The van der Waals surface area contributed by atoms with Gasteiger partial charge in [0.2, 0.25) is 0 Å². The monoisotopic (exact) mass is 783 g/mol. The van der Waals surface area contributed by atoms with Gasteiger partial charge in [0.05, 0.1) is 19.8 Å². The van der Waals surface area contributed by atoms with Gasteiger partial charge in [-0.3, -0.25) is 19.4 Å². The molecule has 0 saturated carbocycles. The van der Waals surface area contributed by atoms with Crippen LogP contribution in [0, 0.1) is 0 Å². The van der Waals surface area contributed by atoms with Crippen LogP contribution in [0.1, 0.15) is 226 Å². The quantitative estimate of drug-likeness (QED) is 0.0465. The molecule has 8 nitrogen and oxygen atoms in total. The molecular weight excluding hydrogens is 689 g/mol. The van der Waals surface area contributed by atoms with E-state index in [2.05, 4.69) is 30.6 Å². The van der Waals surface area contributed by atoms with Gasteiger partial charge in [-0.1, -0.05) is 156 Å². The topological polar surface area (TPSA) is 99.5 Å². The molecule has 0 rings (SSSR count). The van der Waals surface area contributed by atoms with E-state index in [1.165, 1.54) is 103 Å². The summed E-state index contributed by atoms with van der Waals surface area (Å²) in [5, 5.41) is 19.3. The van der Waals surface area contributed by atoms with Crippen LogP contribution in [0.15, 0.2) is 0 Å². The molecule has 8 heteroatoms. The Hall–Kier alpha value is -1.22. The van der Waals surface area contributed by atoms with Crippen molar-refractivity contribution in [1.82, 2.24) is 9.80 Å². The zero-order chi connectivity index (χ0) is 40.3. The predicted octanol–water partition coefficient (Wildman–Crippen LogP) is 11.6. The highest BCUT2D eigenvalue weighted by atomic mass is 16.5. The minimum Gasteiger partial charge on any atom is -0.466 e. The lowest BCUT2D eigenvalue weighted by atomic mass is 10.0. The second-order valence-electron chi connectivity index (χ2n) is 16.4. The van der Waals surface area contributed by atoms with Crippen LogP contribution in [-0.4, -0.2) is 97.1 Å². The maximum Gasteiger partial charge on any atom is 0.306 e. The van der Waals surface area contributed by atoms with Crippen molar-refractivity contribution in [3.8, 4) is 0 Å². The number of aliphatic hydroxyl groups is 2. The molecule has 0 aliphatic rings. The second kappa shape index (κ2) is 43.9. The van der Waals surface area contributed by atoms with Crippen molar-refractivity contribution in [2.45, 2.75) is 232 Å². The Morgan fingerprint density at radius 2 is 0.782 bits per heavy atom. The first-order chi connectivity index (χ1) is 27.0. The van der Waals surface area contributed by atoms with Crippen molar-refractivity contribution < 1.29 is 29.3 Å². The van der Waals surface area contributed by atoms with Crippen molar-refractivity contribution in [2.75, 3.05) is 59.1 Å². The summed E-state index contributed by atoms with van der Waals surface area (Å²) in [6, 6.07) is 0. The molecule has 0 fully saturated rings. The molecule has 0 aromatic rings. The lowest BCUT2D eigenvalue weighted by Gasteiger charge is -2.27. The molecule has 2 N–H and O–H groups in total. The van der Waals surface area contributed by atoms with Gasteiger partial charge >= 0.3 is 11.9 Å². The van der Waals surface area contributed by atoms with Gasteiger partial charge in [0.15, 0.2) is 0 Å². The smallest absolute Gasteiger partial charge is 0.306 e. The summed E-state index contributed by atoms with van der Waals surface area (Å²) >= 11 is 0. The highest BCUT2D eigenvalue weighted by Crippen LogP contribution is 2.18. The Morgan fingerprint density at radius 1 is 0.418 bits per heavy atom. The Balaban J connectivity index is 4.17. The number of hydrogen-bond donors (Lipinski definition) is 2. The maximum absolute atomic E-state index is 12.7. The van der Waals surface area contributed by atoms with Gasteiger partial charge in [-0.15, -0.1) is 0 Å². The molecule has 0 atom stereocenters. The molecule has 0 bridgehead atoms. The van der Waals surface area contributed by atoms with Gasteiger partial charge in [0, 0.05) is 39.0 Å². The summed E-state index contributed by atoms with van der Waals surface area (Å²) in [5.41, 5.74) is 0. The van der Waals surface area contributed by atoms with Gasteiger partial charge < -0.3 is 19.7 Å². The van der Waals surface area contributed by atoms with E-state index in [1.807, 2.05) is 0 Å². The van der Waals surface area contributed by atoms with E-state index in [-0.39, 0.29) is 31.3 Å². The van der Waals surface area contributed by atoms with Gasteiger partial charge in [0.25, 0.3) is 0 Å². The molecule has 0 radical (unpaired) electrons. The summed E-state index contributed by atoms with van der Waals surface area (Å²) < 4.78 is 11.4. The van der Waals surface area contributed by atoms with Crippen LogP contribution in [0.25, 0.3) is 0 Å². The van der Waals surface area contributed by atoms with Gasteiger partial charge in [-0.25, -0.2) is 0 Å². The Morgan fingerprint density at radius 3 is 1.22 bits per heavy atom. The number of ether oxygens (including phenoxy) is 2. The molecular formula is C47H94N2O6. The zero-order valence-electron chi connectivity index (χ0n) is 37.0. The summed E-state index contributed by atoms with van der Waals surface area (Å²) in [5.74, 6) is -0.0485. The number of nitrogens with zero attached hydrogens (tertiary/aromatic N) is 2. The second-order valence-corrected chi connectivity index (χ2v) is 16.4. The van der Waals surface area contributed by atoms with Crippen molar-refractivity contribution in [1.29, 1.82) is 0 Å². The van der Waals surface area contributed by atoms with Gasteiger partial charge in [-0.05, 0) is 70.9 Å². The third-order valence-corrected chi connectivity index (χ3v) is 11.1. The number of esters is 2. The molecule has 0 saturated heterocycles. The molecule has 0 aromatic heterocycles. The van der Waals surface area contributed by atoms with E-state index in [0.717, 1.165) is 116 Å². The molecule has 55 heavy (non-hydrogen) atoms. The Kier molecular flexibility index (Phi) is 42.9. The molecule has 0 amide bonds. The molecule has 328 valence electrons. The van der Waals surface area contributed by atoms with Crippen molar-refractivity contribution >= 4 is 11.9 Å². The van der Waals surface area contributed by atoms with E-state index >= 15 is 0 Å². The number of carbonyl (C=O) groups is 2. The highest BCUT2D eigenvalue weighted by Gasteiger charge is 2.15. The highest BCUT2D eigenvalue weighted by molar-refractivity contribution is 5.69. The third-order valence-electron chi connectivity index (χ3n) is 11.1. The number of aliphatic hydroxyl groups excluding tert-OH is 2. The molecule has 0 aromatic carbocycles. The van der Waals surface area contributed by atoms with Crippen LogP contribution in [0.5, 0.6) is 0 Å². The van der Waals surface area contributed by atoms with Crippen LogP contribution in [0.3, 0.4) is 0 Å². The van der Waals surface area contributed by atoms with Crippen molar-refractivity contribution in [2.24, 2.45) is 0 Å². The number of carbonyl (C=O) groups excluding carboxylic acids is 2. The lowest BCUT2D eigenvalue weighted by molar-refractivity contribution is -0.150. The fraction of sp³-hybridized carbons (Fsp3) is 0.957. The van der Waals surface area contributed by atoms with E-state index in [4.69, 9.17) is 9.47 Å². The van der Waals surface area contributed by atoms with E-state index in [1.54, 1.807) is 0 Å². The van der Waals surface area contributed by atoms with Crippen molar-refractivity contribution in [3.63, 3.8) is 0 Å². The number of rotatable bonds is 45. The minimum atomic E-state index is -0.0480. The predicted molar refractivity (Wildman–Crippen MR) is 233 cm³/mol. The first-order valence-electron chi connectivity index (χ1n) is 24.0. The first-order valence-corrected chi connectivity index (χ1v) is 24.0. The summed E-state index contributed by atoms with van der Waals surface area (Å²) in [6.45, 7) is 12.7. The summed E-state index contributed by atoms with van der Waals surface area (Å²) in [6.07, 6.45) is 36.3. The Bertz CT molecular complexity index is 783. The fourth-order valence-electron chi connectivity index (χ4n) is 7.46. The zero-order valence-corrected chi connectivity index (χ0v) is 37.0. The van der Waals surface area contributed by atoms with Crippen LogP contribution < -0.4 is 0 Å². The summed E-state index contributed by atoms with van der Waals surface area (Å²) in [4.78, 5) is 29.4. The molecule has 0 heterocycles. The number of unbranched alkanes of at least 4 members (excludes halogenated alkanes) is 23. The van der Waals surface area contributed by atoms with Crippen molar-refractivity contribution in [3.05, 3.63) is 0 Å². The largest absolute Gasteiger partial charge is 0.466 e. The van der Waals surface area contributed by atoms with Crippen LogP contribution in [-0.2, 0) is 19.1 Å².